The highest BCUT2D eigenvalue weighted by Crippen LogP contribution is 2.48. The summed E-state index contributed by atoms with van der Waals surface area (Å²) in [6.07, 6.45) is -0.841. The summed E-state index contributed by atoms with van der Waals surface area (Å²) in [4.78, 5) is 23.3. The Morgan fingerprint density at radius 1 is 1.60 bits per heavy atom. The van der Waals surface area contributed by atoms with Gasteiger partial charge in [-0.05, 0) is 0 Å². The van der Waals surface area contributed by atoms with Crippen molar-refractivity contribution in [1.82, 2.24) is 4.90 Å². The molecule has 5 heteroatoms. The molecule has 0 unspecified atom stereocenters. The van der Waals surface area contributed by atoms with E-state index in [0.717, 1.165) is 4.90 Å². The molecule has 0 N–H and O–H groups in total. The average Bonchev–Trinajstić information content (AvgIpc) is 2.57. The van der Waals surface area contributed by atoms with E-state index in [2.05, 4.69) is 0 Å². The summed E-state index contributed by atoms with van der Waals surface area (Å²) in [7, 11) is 0. The highest BCUT2D eigenvalue weighted by Gasteiger charge is 2.62. The smallest absolute Gasteiger partial charge is 0.329 e. The molecule has 2 fully saturated rings. The van der Waals surface area contributed by atoms with Gasteiger partial charge in [0.05, 0.1) is 6.54 Å². The molecule has 2 aliphatic rings. The quantitative estimate of drug-likeness (QED) is 0.519. The Balaban J connectivity index is 2.34. The molecular weight excluding hydrogens is 198 g/mol. The van der Waals surface area contributed by atoms with Gasteiger partial charge in [0, 0.05) is 11.8 Å². The standard InChI is InChI=1S/C10H15NO4/c1-9(2,3)10-4-6(7(12)15-10)11(5-10)8(13)14/h6H,4-5H2,1-3H3,(H,13,14)/p-1/t6-,10+/m1/s1. The number of carbonyl (C=O) groups excluding carboxylic acids is 2. The number of rotatable bonds is 0. The van der Waals surface area contributed by atoms with E-state index >= 15 is 0 Å². The second-order valence-electron chi connectivity index (χ2n) is 5.28. The highest BCUT2D eigenvalue weighted by molar-refractivity contribution is 5.84. The minimum absolute atomic E-state index is 0.231. The molecule has 0 aromatic carbocycles. The maximum absolute atomic E-state index is 11.4. The third-order valence-corrected chi connectivity index (χ3v) is 3.49. The molecule has 0 saturated carbocycles. The fourth-order valence-electron chi connectivity index (χ4n) is 2.31. The van der Waals surface area contributed by atoms with Crippen LogP contribution in [-0.2, 0) is 9.53 Å². The van der Waals surface area contributed by atoms with Gasteiger partial charge in [-0.3, -0.25) is 0 Å². The minimum atomic E-state index is -1.29. The van der Waals surface area contributed by atoms with Crippen LogP contribution >= 0.6 is 0 Å². The van der Waals surface area contributed by atoms with E-state index in [-0.39, 0.29) is 12.0 Å². The lowest BCUT2D eigenvalue weighted by molar-refractivity contribution is -0.270. The molecule has 2 rings (SSSR count). The third kappa shape index (κ3) is 1.22. The lowest BCUT2D eigenvalue weighted by Crippen LogP contribution is -2.55. The molecule has 2 bridgehead atoms. The van der Waals surface area contributed by atoms with Crippen LogP contribution in [0.5, 0.6) is 0 Å². The molecule has 2 aliphatic heterocycles. The molecule has 0 aromatic heterocycles. The number of carboxylic acid groups (broad SMARTS) is 1. The molecule has 2 saturated heterocycles. The van der Waals surface area contributed by atoms with E-state index in [0.29, 0.717) is 6.42 Å². The molecule has 15 heavy (non-hydrogen) atoms. The Bertz CT molecular complexity index is 333. The van der Waals surface area contributed by atoms with Gasteiger partial charge in [0.2, 0.25) is 0 Å². The van der Waals surface area contributed by atoms with Crippen LogP contribution in [0.3, 0.4) is 0 Å². The highest BCUT2D eigenvalue weighted by atomic mass is 16.6. The van der Waals surface area contributed by atoms with E-state index in [1.807, 2.05) is 20.8 Å². The van der Waals surface area contributed by atoms with Gasteiger partial charge in [-0.25, -0.2) is 4.79 Å². The van der Waals surface area contributed by atoms with Crippen LogP contribution in [0, 0.1) is 5.41 Å². The number of fused-ring (bicyclic) bond motifs is 2. The normalized spacial score (nSPS) is 34.5. The van der Waals surface area contributed by atoms with Crippen LogP contribution in [0.15, 0.2) is 0 Å². The zero-order valence-electron chi connectivity index (χ0n) is 9.07. The topological polar surface area (TPSA) is 69.7 Å². The summed E-state index contributed by atoms with van der Waals surface area (Å²) in [6, 6.07) is -0.658. The van der Waals surface area contributed by atoms with Crippen molar-refractivity contribution in [2.75, 3.05) is 6.54 Å². The summed E-state index contributed by atoms with van der Waals surface area (Å²) < 4.78 is 5.32. The SMILES string of the molecule is CC(C)(C)[C@@]12C[C@H](C(=O)O1)N(C(=O)[O-])C2. The van der Waals surface area contributed by atoms with Gasteiger partial charge >= 0.3 is 5.97 Å². The van der Waals surface area contributed by atoms with Crippen molar-refractivity contribution in [3.05, 3.63) is 0 Å². The maximum atomic E-state index is 11.4. The number of esters is 1. The molecule has 5 nitrogen and oxygen atoms in total. The van der Waals surface area contributed by atoms with Crippen LogP contribution in [-0.4, -0.2) is 35.2 Å². The van der Waals surface area contributed by atoms with Gasteiger partial charge in [0.1, 0.15) is 17.7 Å². The minimum Gasteiger partial charge on any atom is -0.530 e. The van der Waals surface area contributed by atoms with Crippen molar-refractivity contribution in [1.29, 1.82) is 0 Å². The summed E-state index contributed by atoms with van der Waals surface area (Å²) in [5, 5.41) is 10.8. The van der Waals surface area contributed by atoms with Crippen molar-refractivity contribution in [3.8, 4) is 0 Å². The Kier molecular flexibility index (Phi) is 1.81. The monoisotopic (exact) mass is 212 g/mol. The van der Waals surface area contributed by atoms with Gasteiger partial charge in [0.25, 0.3) is 0 Å². The first-order chi connectivity index (χ1) is 6.77. The molecule has 2 atom stereocenters. The summed E-state index contributed by atoms with van der Waals surface area (Å²) >= 11 is 0. The number of hydrogen-bond donors (Lipinski definition) is 0. The van der Waals surface area contributed by atoms with Crippen molar-refractivity contribution in [2.24, 2.45) is 5.41 Å². The lowest BCUT2D eigenvalue weighted by atomic mass is 9.76. The summed E-state index contributed by atoms with van der Waals surface area (Å²) in [6.45, 7) is 6.07. The van der Waals surface area contributed by atoms with Crippen molar-refractivity contribution < 1.29 is 19.4 Å². The summed E-state index contributed by atoms with van der Waals surface area (Å²) in [5.74, 6) is -0.444. The predicted molar refractivity (Wildman–Crippen MR) is 48.8 cm³/mol. The van der Waals surface area contributed by atoms with Gasteiger partial charge in [0.15, 0.2) is 0 Å². The molecule has 84 valence electrons. The third-order valence-electron chi connectivity index (χ3n) is 3.49. The van der Waals surface area contributed by atoms with Crippen LogP contribution in [0.2, 0.25) is 0 Å². The average molecular weight is 212 g/mol. The zero-order chi connectivity index (χ0) is 11.4. The van der Waals surface area contributed by atoms with Crippen molar-refractivity contribution in [3.63, 3.8) is 0 Å². The number of amides is 1. The Morgan fingerprint density at radius 2 is 2.20 bits per heavy atom. The Hall–Kier alpha value is -1.26. The number of likely N-dealkylation sites (tertiary alicyclic amines) is 1. The van der Waals surface area contributed by atoms with E-state index in [1.54, 1.807) is 0 Å². The van der Waals surface area contributed by atoms with Crippen LogP contribution in [0.4, 0.5) is 4.79 Å². The number of hydrogen-bond acceptors (Lipinski definition) is 4. The molecular formula is C10H14NO4-. The zero-order valence-corrected chi connectivity index (χ0v) is 9.07. The first kappa shape index (κ1) is 10.3. The fraction of sp³-hybridized carbons (Fsp3) is 0.800. The molecule has 1 amide bonds. The van der Waals surface area contributed by atoms with Crippen LogP contribution < -0.4 is 5.11 Å². The fourth-order valence-corrected chi connectivity index (χ4v) is 2.31. The largest absolute Gasteiger partial charge is 0.530 e. The first-order valence-corrected chi connectivity index (χ1v) is 4.97. The number of ether oxygens (including phenoxy) is 1. The summed E-state index contributed by atoms with van der Waals surface area (Å²) in [5.41, 5.74) is -0.934. The van der Waals surface area contributed by atoms with E-state index < -0.39 is 23.7 Å². The second kappa shape index (κ2) is 2.65. The van der Waals surface area contributed by atoms with Crippen molar-refractivity contribution >= 4 is 12.1 Å². The Morgan fingerprint density at radius 3 is 2.53 bits per heavy atom. The molecule has 0 aromatic rings. The number of morpholine rings is 1. The van der Waals surface area contributed by atoms with Gasteiger partial charge in [-0.1, -0.05) is 20.8 Å². The molecule has 0 aliphatic carbocycles. The van der Waals surface area contributed by atoms with Crippen LogP contribution in [0.25, 0.3) is 0 Å². The van der Waals surface area contributed by atoms with E-state index in [9.17, 15) is 14.7 Å². The molecule has 0 radical (unpaired) electrons. The second-order valence-corrected chi connectivity index (χ2v) is 5.28. The maximum Gasteiger partial charge on any atom is 0.329 e. The Labute approximate surface area is 88.0 Å². The van der Waals surface area contributed by atoms with E-state index in [1.165, 1.54) is 0 Å². The number of nitrogens with zero attached hydrogens (tertiary/aromatic N) is 1. The van der Waals surface area contributed by atoms with Crippen LogP contribution in [0.1, 0.15) is 27.2 Å². The number of carbonyl (C=O) groups is 2. The predicted octanol–water partition coefficient (Wildman–Crippen LogP) is -0.254. The first-order valence-electron chi connectivity index (χ1n) is 4.97. The molecule has 2 heterocycles. The lowest BCUT2D eigenvalue weighted by Gasteiger charge is -2.41. The van der Waals surface area contributed by atoms with Gasteiger partial charge in [-0.2, -0.15) is 0 Å². The van der Waals surface area contributed by atoms with Gasteiger partial charge in [-0.15, -0.1) is 0 Å². The molecule has 0 spiro atoms. The van der Waals surface area contributed by atoms with E-state index in [4.69, 9.17) is 4.74 Å². The van der Waals surface area contributed by atoms with Crippen molar-refractivity contribution in [2.45, 2.75) is 38.8 Å². The van der Waals surface area contributed by atoms with Gasteiger partial charge < -0.3 is 19.5 Å².